The van der Waals surface area contributed by atoms with Crippen molar-refractivity contribution < 1.29 is 14.7 Å². The Hall–Kier alpha value is -1.10. The number of unbranched alkanes of at least 4 members (excludes halogenated alkanes) is 20. The molecule has 0 fully saturated rings. The van der Waals surface area contributed by atoms with E-state index < -0.39 is 6.04 Å². The van der Waals surface area contributed by atoms with Crippen LogP contribution in [0.2, 0.25) is 0 Å². The summed E-state index contributed by atoms with van der Waals surface area (Å²) in [6.45, 7) is 4.66. The third-order valence-corrected chi connectivity index (χ3v) is 7.15. The highest BCUT2D eigenvalue weighted by molar-refractivity contribution is 5.77. The first kappa shape index (κ1) is 34.9. The number of aliphatic hydroxyl groups excluding tert-OH is 1. The molecular weight excluding hydrogens is 448 g/mol. The van der Waals surface area contributed by atoms with Gasteiger partial charge in [0.1, 0.15) is 0 Å². The summed E-state index contributed by atoms with van der Waals surface area (Å²) in [7, 11) is 0. The maximum Gasteiger partial charge on any atom is 0.220 e. The van der Waals surface area contributed by atoms with E-state index in [1.807, 2.05) is 0 Å². The summed E-state index contributed by atoms with van der Waals surface area (Å²) in [6, 6.07) is -0.397. The Morgan fingerprint density at radius 3 is 1.22 bits per heavy atom. The van der Waals surface area contributed by atoms with E-state index in [9.17, 15) is 14.7 Å². The Kier molecular flexibility index (Phi) is 27.6. The standard InChI is InChI=1S/C31H62N2O3/c1-3-5-7-9-11-13-15-17-19-21-23-25-30(35)32-27-29(28-34)33-31(36)26-24-22-20-18-16-14-12-10-8-6-4-2/h29,34H,3-28H2,1-2H3,(H,32,35)(H,33,36). The lowest BCUT2D eigenvalue weighted by Gasteiger charge is -2.17. The van der Waals surface area contributed by atoms with E-state index in [1.54, 1.807) is 0 Å². The number of hydrogen-bond acceptors (Lipinski definition) is 3. The van der Waals surface area contributed by atoms with E-state index in [2.05, 4.69) is 24.5 Å². The number of carbonyl (C=O) groups is 2. The predicted molar refractivity (Wildman–Crippen MR) is 154 cm³/mol. The van der Waals surface area contributed by atoms with Crippen LogP contribution < -0.4 is 10.6 Å². The highest BCUT2D eigenvalue weighted by Gasteiger charge is 2.12. The van der Waals surface area contributed by atoms with Crippen LogP contribution in [-0.2, 0) is 9.59 Å². The van der Waals surface area contributed by atoms with Gasteiger partial charge in [0.15, 0.2) is 0 Å². The Balaban J connectivity index is 3.57. The largest absolute Gasteiger partial charge is 0.394 e. The molecular formula is C31H62N2O3. The second kappa shape index (κ2) is 28.5. The van der Waals surface area contributed by atoms with E-state index in [0.717, 1.165) is 25.7 Å². The van der Waals surface area contributed by atoms with Gasteiger partial charge < -0.3 is 15.7 Å². The van der Waals surface area contributed by atoms with Crippen LogP contribution in [0.1, 0.15) is 168 Å². The summed E-state index contributed by atoms with van der Waals surface area (Å²) in [6.07, 6.45) is 28.9. The van der Waals surface area contributed by atoms with Crippen molar-refractivity contribution in [2.45, 2.75) is 174 Å². The van der Waals surface area contributed by atoms with Crippen LogP contribution in [0.4, 0.5) is 0 Å². The normalized spacial score (nSPS) is 12.0. The Morgan fingerprint density at radius 1 is 0.528 bits per heavy atom. The van der Waals surface area contributed by atoms with E-state index in [4.69, 9.17) is 0 Å². The molecule has 0 aromatic rings. The van der Waals surface area contributed by atoms with Gasteiger partial charge in [0.2, 0.25) is 11.8 Å². The molecule has 1 unspecified atom stereocenters. The van der Waals surface area contributed by atoms with Crippen molar-refractivity contribution in [1.82, 2.24) is 10.6 Å². The zero-order valence-corrected chi connectivity index (χ0v) is 24.2. The zero-order valence-electron chi connectivity index (χ0n) is 24.2. The van der Waals surface area contributed by atoms with Crippen molar-refractivity contribution in [3.05, 3.63) is 0 Å². The molecule has 0 spiro atoms. The molecule has 36 heavy (non-hydrogen) atoms. The monoisotopic (exact) mass is 510 g/mol. The summed E-state index contributed by atoms with van der Waals surface area (Å²) in [5.41, 5.74) is 0. The summed E-state index contributed by atoms with van der Waals surface area (Å²) in [5.74, 6) is -0.00595. The van der Waals surface area contributed by atoms with E-state index in [1.165, 1.54) is 116 Å². The van der Waals surface area contributed by atoms with Crippen LogP contribution >= 0.6 is 0 Å². The topological polar surface area (TPSA) is 78.4 Å². The lowest BCUT2D eigenvalue weighted by Crippen LogP contribution is -2.45. The van der Waals surface area contributed by atoms with Crippen molar-refractivity contribution in [3.8, 4) is 0 Å². The van der Waals surface area contributed by atoms with Crippen LogP contribution in [0.15, 0.2) is 0 Å². The van der Waals surface area contributed by atoms with Crippen molar-refractivity contribution in [2.75, 3.05) is 13.2 Å². The van der Waals surface area contributed by atoms with Gasteiger partial charge >= 0.3 is 0 Å². The number of hydrogen-bond donors (Lipinski definition) is 3. The second-order valence-electron chi connectivity index (χ2n) is 10.8. The molecule has 0 radical (unpaired) electrons. The molecule has 2 amide bonds. The Morgan fingerprint density at radius 2 is 0.861 bits per heavy atom. The lowest BCUT2D eigenvalue weighted by atomic mass is 10.1. The van der Waals surface area contributed by atoms with E-state index in [-0.39, 0.29) is 18.4 Å². The maximum absolute atomic E-state index is 12.2. The van der Waals surface area contributed by atoms with Gasteiger partial charge in [-0.2, -0.15) is 0 Å². The Bertz CT molecular complexity index is 484. The summed E-state index contributed by atoms with van der Waals surface area (Å²) in [4.78, 5) is 24.3. The molecule has 5 nitrogen and oxygen atoms in total. The van der Waals surface area contributed by atoms with Crippen LogP contribution in [0.5, 0.6) is 0 Å². The van der Waals surface area contributed by atoms with Gasteiger partial charge in [-0.25, -0.2) is 0 Å². The number of nitrogens with one attached hydrogen (secondary N) is 2. The first-order valence-electron chi connectivity index (χ1n) is 15.8. The number of rotatable bonds is 28. The molecule has 0 saturated carbocycles. The average molecular weight is 511 g/mol. The van der Waals surface area contributed by atoms with Crippen molar-refractivity contribution in [2.24, 2.45) is 0 Å². The van der Waals surface area contributed by atoms with Crippen molar-refractivity contribution in [3.63, 3.8) is 0 Å². The molecule has 0 saturated heterocycles. The molecule has 0 aromatic carbocycles. The molecule has 5 heteroatoms. The fourth-order valence-electron chi connectivity index (χ4n) is 4.69. The molecule has 0 aliphatic rings. The van der Waals surface area contributed by atoms with Crippen molar-refractivity contribution >= 4 is 11.8 Å². The highest BCUT2D eigenvalue weighted by atomic mass is 16.3. The second-order valence-corrected chi connectivity index (χ2v) is 10.8. The fraction of sp³-hybridized carbons (Fsp3) is 0.935. The molecule has 0 bridgehead atoms. The molecule has 0 aliphatic carbocycles. The molecule has 0 rings (SSSR count). The number of amides is 2. The maximum atomic E-state index is 12.2. The SMILES string of the molecule is CCCCCCCCCCCCCC(=O)NCC(CO)NC(=O)CCCCCCCCCCCCC. The lowest BCUT2D eigenvalue weighted by molar-refractivity contribution is -0.124. The number of aliphatic hydroxyl groups is 1. The van der Waals surface area contributed by atoms with Gasteiger partial charge in [0.25, 0.3) is 0 Å². The van der Waals surface area contributed by atoms with Gasteiger partial charge in [0.05, 0.1) is 12.6 Å². The third kappa shape index (κ3) is 26.0. The van der Waals surface area contributed by atoms with Gasteiger partial charge in [-0.3, -0.25) is 9.59 Å². The first-order valence-corrected chi connectivity index (χ1v) is 15.8. The molecule has 0 aromatic heterocycles. The molecule has 3 N–H and O–H groups in total. The third-order valence-electron chi connectivity index (χ3n) is 7.15. The van der Waals surface area contributed by atoms with Gasteiger partial charge in [0, 0.05) is 19.4 Å². The van der Waals surface area contributed by atoms with Gasteiger partial charge in [-0.05, 0) is 12.8 Å². The van der Waals surface area contributed by atoms with Crippen molar-refractivity contribution in [1.29, 1.82) is 0 Å². The number of carbonyl (C=O) groups excluding carboxylic acids is 2. The smallest absolute Gasteiger partial charge is 0.220 e. The molecule has 1 atom stereocenters. The predicted octanol–water partition coefficient (Wildman–Crippen LogP) is 7.98. The highest BCUT2D eigenvalue weighted by Crippen LogP contribution is 2.13. The molecule has 0 heterocycles. The summed E-state index contributed by atoms with van der Waals surface area (Å²) >= 11 is 0. The molecule has 214 valence electrons. The molecule has 0 aliphatic heterocycles. The van der Waals surface area contributed by atoms with E-state index in [0.29, 0.717) is 19.4 Å². The quantitative estimate of drug-likeness (QED) is 0.0933. The minimum absolute atomic E-state index is 0.0176. The first-order chi connectivity index (χ1) is 17.6. The minimum atomic E-state index is -0.397. The van der Waals surface area contributed by atoms with Crippen LogP contribution in [-0.4, -0.2) is 36.1 Å². The fourth-order valence-corrected chi connectivity index (χ4v) is 4.69. The van der Waals surface area contributed by atoms with Gasteiger partial charge in [-0.1, -0.05) is 142 Å². The Labute approximate surface area is 224 Å². The minimum Gasteiger partial charge on any atom is -0.394 e. The van der Waals surface area contributed by atoms with Gasteiger partial charge in [-0.15, -0.1) is 0 Å². The zero-order chi connectivity index (χ0) is 26.5. The van der Waals surface area contributed by atoms with Crippen LogP contribution in [0.3, 0.4) is 0 Å². The van der Waals surface area contributed by atoms with Crippen LogP contribution in [0.25, 0.3) is 0 Å². The average Bonchev–Trinajstić information content (AvgIpc) is 2.88. The summed E-state index contributed by atoms with van der Waals surface area (Å²) < 4.78 is 0. The summed E-state index contributed by atoms with van der Waals surface area (Å²) in [5, 5.41) is 15.3. The van der Waals surface area contributed by atoms with E-state index >= 15 is 0 Å². The van der Waals surface area contributed by atoms with Crippen LogP contribution in [0, 0.1) is 0 Å².